The number of amides is 3. The van der Waals surface area contributed by atoms with Gasteiger partial charge in [-0.3, -0.25) is 15.1 Å². The Morgan fingerprint density at radius 1 is 1.27 bits per heavy atom. The fourth-order valence-electron chi connectivity index (χ4n) is 3.94. The number of rotatable bonds is 4. The zero-order valence-electron chi connectivity index (χ0n) is 13.9. The lowest BCUT2D eigenvalue weighted by Crippen LogP contribution is -2.53. The first kappa shape index (κ1) is 16.9. The standard InChI is InChI=1S/C17H18N4O4S/c22-15-17(21-16(23)20-15)7-2-4-12(17)10-19-26(24,25)14-5-1-3-11-9-18-8-6-13(11)14/h1,3,5-6,8-9,12,19H,2,4,7,10H2,(H2,20,21,22,23). The van der Waals surface area contributed by atoms with Crippen molar-refractivity contribution < 1.29 is 18.0 Å². The maximum atomic E-state index is 12.8. The molecule has 4 rings (SSSR count). The molecule has 9 heteroatoms. The zero-order chi connectivity index (χ0) is 18.4. The van der Waals surface area contributed by atoms with E-state index in [2.05, 4.69) is 20.3 Å². The summed E-state index contributed by atoms with van der Waals surface area (Å²) in [5.41, 5.74) is -1.01. The second kappa shape index (κ2) is 6.03. The number of imide groups is 1. The molecule has 26 heavy (non-hydrogen) atoms. The summed E-state index contributed by atoms with van der Waals surface area (Å²) >= 11 is 0. The number of sulfonamides is 1. The molecule has 0 radical (unpaired) electrons. The van der Waals surface area contributed by atoms with Gasteiger partial charge in [-0.05, 0) is 25.0 Å². The highest BCUT2D eigenvalue weighted by molar-refractivity contribution is 7.89. The van der Waals surface area contributed by atoms with Gasteiger partial charge in [0.1, 0.15) is 5.54 Å². The van der Waals surface area contributed by atoms with Crippen LogP contribution in [-0.2, 0) is 14.8 Å². The largest absolute Gasteiger partial charge is 0.323 e. The minimum atomic E-state index is -3.77. The number of aromatic nitrogens is 1. The molecule has 3 N–H and O–H groups in total. The molecule has 1 saturated heterocycles. The molecule has 2 fully saturated rings. The second-order valence-electron chi connectivity index (χ2n) is 6.67. The zero-order valence-corrected chi connectivity index (χ0v) is 14.7. The number of carbonyl (C=O) groups is 2. The average molecular weight is 374 g/mol. The van der Waals surface area contributed by atoms with Gasteiger partial charge in [-0.2, -0.15) is 0 Å². The van der Waals surface area contributed by atoms with Crippen molar-refractivity contribution in [1.29, 1.82) is 0 Å². The Morgan fingerprint density at radius 3 is 2.88 bits per heavy atom. The summed E-state index contributed by atoms with van der Waals surface area (Å²) in [6.45, 7) is 0.0809. The maximum absolute atomic E-state index is 12.8. The lowest BCUT2D eigenvalue weighted by molar-refractivity contribution is -0.125. The topological polar surface area (TPSA) is 117 Å². The van der Waals surface area contributed by atoms with Crippen molar-refractivity contribution >= 4 is 32.7 Å². The summed E-state index contributed by atoms with van der Waals surface area (Å²) in [7, 11) is -3.77. The number of fused-ring (bicyclic) bond motifs is 1. The van der Waals surface area contributed by atoms with E-state index in [4.69, 9.17) is 0 Å². The van der Waals surface area contributed by atoms with Crippen molar-refractivity contribution in [3.8, 4) is 0 Å². The highest BCUT2D eigenvalue weighted by atomic mass is 32.2. The molecule has 2 aromatic rings. The number of nitrogens with zero attached hydrogens (tertiary/aromatic N) is 1. The first-order chi connectivity index (χ1) is 12.4. The molecule has 1 aromatic carbocycles. The van der Waals surface area contributed by atoms with E-state index in [0.29, 0.717) is 18.2 Å². The summed E-state index contributed by atoms with van der Waals surface area (Å²) in [6, 6.07) is 6.14. The average Bonchev–Trinajstić information content (AvgIpc) is 3.15. The number of nitrogens with one attached hydrogen (secondary N) is 3. The van der Waals surface area contributed by atoms with Gasteiger partial charge in [-0.25, -0.2) is 17.9 Å². The van der Waals surface area contributed by atoms with Gasteiger partial charge in [0.15, 0.2) is 0 Å². The van der Waals surface area contributed by atoms with Gasteiger partial charge in [0, 0.05) is 35.6 Å². The van der Waals surface area contributed by atoms with Crippen molar-refractivity contribution in [1.82, 2.24) is 20.3 Å². The van der Waals surface area contributed by atoms with Crippen LogP contribution >= 0.6 is 0 Å². The van der Waals surface area contributed by atoms with Crippen LogP contribution in [0.4, 0.5) is 4.79 Å². The molecule has 1 saturated carbocycles. The SMILES string of the molecule is O=C1NC(=O)C2(CCCC2CNS(=O)(=O)c2cccc3cnccc23)N1. The molecular weight excluding hydrogens is 356 g/mol. The molecule has 3 amide bonds. The van der Waals surface area contributed by atoms with Crippen molar-refractivity contribution in [2.75, 3.05) is 6.54 Å². The van der Waals surface area contributed by atoms with E-state index in [9.17, 15) is 18.0 Å². The third-order valence-corrected chi connectivity index (χ3v) is 6.72. The molecule has 1 aromatic heterocycles. The quantitative estimate of drug-likeness (QED) is 0.687. The Labute approximate surface area is 150 Å². The summed E-state index contributed by atoms with van der Waals surface area (Å²) in [4.78, 5) is 27.9. The van der Waals surface area contributed by atoms with Crippen molar-refractivity contribution in [2.45, 2.75) is 29.7 Å². The Morgan fingerprint density at radius 2 is 2.12 bits per heavy atom. The normalized spacial score (nSPS) is 25.6. The van der Waals surface area contributed by atoms with Crippen molar-refractivity contribution in [3.63, 3.8) is 0 Å². The molecule has 2 aliphatic rings. The Balaban J connectivity index is 1.59. The second-order valence-corrected chi connectivity index (χ2v) is 8.41. The Bertz CT molecular complexity index is 1000. The molecule has 2 heterocycles. The van der Waals surface area contributed by atoms with E-state index in [1.165, 1.54) is 0 Å². The minimum absolute atomic E-state index is 0.0809. The monoisotopic (exact) mass is 374 g/mol. The molecule has 1 aliphatic carbocycles. The van der Waals surface area contributed by atoms with Crippen LogP contribution in [0.15, 0.2) is 41.6 Å². The summed E-state index contributed by atoms with van der Waals surface area (Å²) in [5.74, 6) is -0.666. The van der Waals surface area contributed by atoms with Gasteiger partial charge in [-0.1, -0.05) is 18.6 Å². The minimum Gasteiger partial charge on any atom is -0.323 e. The van der Waals surface area contributed by atoms with Crippen LogP contribution in [0.3, 0.4) is 0 Å². The lowest BCUT2D eigenvalue weighted by Gasteiger charge is -2.28. The van der Waals surface area contributed by atoms with E-state index in [1.54, 1.807) is 36.7 Å². The maximum Gasteiger partial charge on any atom is 0.322 e. The van der Waals surface area contributed by atoms with E-state index in [1.807, 2.05) is 0 Å². The van der Waals surface area contributed by atoms with Gasteiger partial charge in [0.2, 0.25) is 10.0 Å². The molecule has 8 nitrogen and oxygen atoms in total. The van der Waals surface area contributed by atoms with Gasteiger partial charge in [-0.15, -0.1) is 0 Å². The van der Waals surface area contributed by atoms with Crippen LogP contribution < -0.4 is 15.4 Å². The van der Waals surface area contributed by atoms with E-state index in [0.717, 1.165) is 11.8 Å². The van der Waals surface area contributed by atoms with Crippen molar-refractivity contribution in [2.24, 2.45) is 5.92 Å². The molecular formula is C17H18N4O4S. The molecule has 0 bridgehead atoms. The number of carbonyl (C=O) groups excluding carboxylic acids is 2. The van der Waals surface area contributed by atoms with Gasteiger partial charge in [0.05, 0.1) is 4.90 Å². The molecule has 136 valence electrons. The van der Waals surface area contributed by atoms with Gasteiger partial charge in [0.25, 0.3) is 5.91 Å². The highest BCUT2D eigenvalue weighted by Crippen LogP contribution is 2.37. The molecule has 1 aliphatic heterocycles. The van der Waals surface area contributed by atoms with Crippen LogP contribution in [0.1, 0.15) is 19.3 Å². The predicted octanol–water partition coefficient (Wildman–Crippen LogP) is 0.891. The molecule has 1 spiro atoms. The van der Waals surface area contributed by atoms with E-state index < -0.39 is 21.6 Å². The number of hydrogen-bond acceptors (Lipinski definition) is 5. The summed E-state index contributed by atoms with van der Waals surface area (Å²) in [5, 5.41) is 6.27. The summed E-state index contributed by atoms with van der Waals surface area (Å²) in [6.07, 6.45) is 5.08. The van der Waals surface area contributed by atoms with Crippen LogP contribution in [0.5, 0.6) is 0 Å². The van der Waals surface area contributed by atoms with Crippen LogP contribution in [0, 0.1) is 5.92 Å². The van der Waals surface area contributed by atoms with Crippen LogP contribution in [0.2, 0.25) is 0 Å². The third-order valence-electron chi connectivity index (χ3n) is 5.24. The number of pyridine rings is 1. The lowest BCUT2D eigenvalue weighted by atomic mass is 9.87. The molecule has 2 unspecified atom stereocenters. The Kier molecular flexibility index (Phi) is 3.92. The fourth-order valence-corrected chi connectivity index (χ4v) is 5.25. The first-order valence-corrected chi connectivity index (χ1v) is 9.87. The highest BCUT2D eigenvalue weighted by Gasteiger charge is 2.54. The van der Waals surface area contributed by atoms with Gasteiger partial charge >= 0.3 is 6.03 Å². The van der Waals surface area contributed by atoms with E-state index in [-0.39, 0.29) is 23.3 Å². The van der Waals surface area contributed by atoms with E-state index >= 15 is 0 Å². The third kappa shape index (κ3) is 2.63. The predicted molar refractivity (Wildman–Crippen MR) is 93.7 cm³/mol. The summed E-state index contributed by atoms with van der Waals surface area (Å²) < 4.78 is 28.3. The van der Waals surface area contributed by atoms with Crippen molar-refractivity contribution in [3.05, 3.63) is 36.7 Å². The first-order valence-electron chi connectivity index (χ1n) is 8.38. The fraction of sp³-hybridized carbons (Fsp3) is 0.353. The Hall–Kier alpha value is -2.52. The molecule has 2 atom stereocenters. The smallest absolute Gasteiger partial charge is 0.322 e. The number of hydrogen-bond donors (Lipinski definition) is 3. The number of benzene rings is 1. The number of urea groups is 1. The van der Waals surface area contributed by atoms with Crippen LogP contribution in [0.25, 0.3) is 10.8 Å². The van der Waals surface area contributed by atoms with Crippen LogP contribution in [-0.4, -0.2) is 37.4 Å². The van der Waals surface area contributed by atoms with Gasteiger partial charge < -0.3 is 5.32 Å².